The third-order valence-corrected chi connectivity index (χ3v) is 5.33. The Morgan fingerprint density at radius 3 is 2.76 bits per heavy atom. The number of hydrogen-bond acceptors (Lipinski definition) is 6. The molecule has 0 radical (unpaired) electrons. The molecule has 4 aromatic rings. The summed E-state index contributed by atoms with van der Waals surface area (Å²) < 4.78 is 26.5. The second kappa shape index (κ2) is 10.3. The Morgan fingerprint density at radius 2 is 2.03 bits per heavy atom. The summed E-state index contributed by atoms with van der Waals surface area (Å²) in [5, 5.41) is 10.9. The fourth-order valence-electron chi connectivity index (χ4n) is 3.60. The molecule has 2 aromatic heterocycles. The van der Waals surface area contributed by atoms with E-state index in [-0.39, 0.29) is 31.1 Å². The number of aryl methyl sites for hydroxylation is 1. The number of ether oxygens (including phenoxy) is 1. The number of para-hydroxylation sites is 1. The maximum atomic E-state index is 14.5. The van der Waals surface area contributed by atoms with Crippen LogP contribution in [0.1, 0.15) is 17.4 Å². The number of benzene rings is 2. The van der Waals surface area contributed by atoms with E-state index in [0.29, 0.717) is 16.6 Å². The predicted octanol–water partition coefficient (Wildman–Crippen LogP) is 3.01. The average Bonchev–Trinajstić information content (AvgIpc) is 3.50. The van der Waals surface area contributed by atoms with Gasteiger partial charge in [-0.25, -0.2) is 9.07 Å². The van der Waals surface area contributed by atoms with Gasteiger partial charge in [0.2, 0.25) is 5.91 Å². The zero-order valence-corrected chi connectivity index (χ0v) is 18.8. The molecule has 4 rings (SSSR count). The van der Waals surface area contributed by atoms with Crippen molar-refractivity contribution in [2.45, 2.75) is 19.5 Å². The minimum Gasteiger partial charge on any atom is -0.467 e. The van der Waals surface area contributed by atoms with Gasteiger partial charge in [0.05, 0.1) is 18.4 Å². The molecule has 2 amide bonds. The molecule has 0 aliphatic carbocycles. The summed E-state index contributed by atoms with van der Waals surface area (Å²) >= 11 is 0. The van der Waals surface area contributed by atoms with Crippen LogP contribution < -0.4 is 10.2 Å². The van der Waals surface area contributed by atoms with E-state index in [4.69, 9.17) is 9.15 Å². The molecule has 9 nitrogen and oxygen atoms in total. The van der Waals surface area contributed by atoms with Crippen molar-refractivity contribution in [2.24, 2.45) is 0 Å². The number of rotatable bonds is 9. The third-order valence-electron chi connectivity index (χ3n) is 5.33. The van der Waals surface area contributed by atoms with Crippen LogP contribution in [0.25, 0.3) is 11.0 Å². The highest BCUT2D eigenvalue weighted by molar-refractivity contribution is 6.01. The number of anilines is 1. The first-order chi connectivity index (χ1) is 16.5. The van der Waals surface area contributed by atoms with E-state index in [9.17, 15) is 14.0 Å². The van der Waals surface area contributed by atoms with Crippen LogP contribution in [-0.4, -0.2) is 47.1 Å². The lowest BCUT2D eigenvalue weighted by Gasteiger charge is -2.30. The predicted molar refractivity (Wildman–Crippen MR) is 122 cm³/mol. The lowest BCUT2D eigenvalue weighted by Crippen LogP contribution is -2.45. The number of aromatic nitrogens is 3. The molecule has 1 unspecified atom stereocenters. The molecule has 0 spiro atoms. The minimum atomic E-state index is -1.18. The molecule has 1 N–H and O–H groups in total. The number of methoxy groups -OCH3 is 1. The Hall–Kier alpha value is -4.05. The maximum absolute atomic E-state index is 14.5. The molecule has 0 saturated heterocycles. The lowest BCUT2D eigenvalue weighted by atomic mass is 10.1. The van der Waals surface area contributed by atoms with E-state index in [0.717, 1.165) is 0 Å². The van der Waals surface area contributed by atoms with Crippen molar-refractivity contribution in [3.63, 3.8) is 0 Å². The smallest absolute Gasteiger partial charge is 0.251 e. The van der Waals surface area contributed by atoms with Gasteiger partial charge in [-0.3, -0.25) is 14.5 Å². The van der Waals surface area contributed by atoms with Crippen LogP contribution >= 0.6 is 0 Å². The molecule has 0 saturated carbocycles. The first-order valence-corrected chi connectivity index (χ1v) is 10.7. The van der Waals surface area contributed by atoms with Gasteiger partial charge in [0, 0.05) is 19.3 Å². The molecule has 34 heavy (non-hydrogen) atoms. The first-order valence-electron chi connectivity index (χ1n) is 10.7. The van der Waals surface area contributed by atoms with Gasteiger partial charge >= 0.3 is 0 Å². The van der Waals surface area contributed by atoms with Gasteiger partial charge in [0.1, 0.15) is 23.6 Å². The number of amides is 2. The fraction of sp³-hybridized carbons (Fsp3) is 0.250. The normalized spacial score (nSPS) is 12.0. The topological polar surface area (TPSA) is 102 Å². The summed E-state index contributed by atoms with van der Waals surface area (Å²) in [7, 11) is 1.52. The number of halogens is 1. The van der Waals surface area contributed by atoms with E-state index < -0.39 is 23.7 Å². The summed E-state index contributed by atoms with van der Waals surface area (Å²) in [6.45, 7) is 1.91. The molecule has 0 fully saturated rings. The van der Waals surface area contributed by atoms with Crippen molar-refractivity contribution in [3.8, 4) is 0 Å². The summed E-state index contributed by atoms with van der Waals surface area (Å²) in [4.78, 5) is 28.2. The Morgan fingerprint density at radius 1 is 1.21 bits per heavy atom. The summed E-state index contributed by atoms with van der Waals surface area (Å²) in [5.74, 6) is -1.26. The molecule has 0 aliphatic rings. The summed E-state index contributed by atoms with van der Waals surface area (Å²) in [5.41, 5.74) is 1.91. The van der Waals surface area contributed by atoms with Crippen molar-refractivity contribution < 1.29 is 23.1 Å². The van der Waals surface area contributed by atoms with Crippen LogP contribution in [0.2, 0.25) is 0 Å². The molecule has 0 aliphatic heterocycles. The van der Waals surface area contributed by atoms with Gasteiger partial charge in [-0.2, -0.15) is 0 Å². The van der Waals surface area contributed by atoms with Gasteiger partial charge in [-0.05, 0) is 48.9 Å². The van der Waals surface area contributed by atoms with Crippen LogP contribution in [-0.2, 0) is 20.9 Å². The first kappa shape index (κ1) is 23.1. The zero-order chi connectivity index (χ0) is 24.1. The summed E-state index contributed by atoms with van der Waals surface area (Å²) in [6, 6.07) is 13.6. The molecule has 10 heteroatoms. The Kier molecular flexibility index (Phi) is 6.98. The van der Waals surface area contributed by atoms with Crippen molar-refractivity contribution in [2.75, 3.05) is 25.2 Å². The lowest BCUT2D eigenvalue weighted by molar-refractivity contribution is -0.127. The Bertz CT molecular complexity index is 1290. The highest BCUT2D eigenvalue weighted by Gasteiger charge is 2.35. The van der Waals surface area contributed by atoms with Crippen molar-refractivity contribution >= 4 is 28.5 Å². The number of fused-ring (bicyclic) bond motifs is 1. The largest absolute Gasteiger partial charge is 0.467 e. The van der Waals surface area contributed by atoms with E-state index in [1.165, 1.54) is 29.0 Å². The van der Waals surface area contributed by atoms with Crippen LogP contribution in [0.3, 0.4) is 0 Å². The monoisotopic (exact) mass is 465 g/mol. The van der Waals surface area contributed by atoms with E-state index in [2.05, 4.69) is 15.6 Å². The molecule has 0 bridgehead atoms. The average molecular weight is 465 g/mol. The van der Waals surface area contributed by atoms with Crippen molar-refractivity contribution in [1.29, 1.82) is 0 Å². The Labute approximate surface area is 195 Å². The Balaban J connectivity index is 1.76. The van der Waals surface area contributed by atoms with E-state index >= 15 is 0 Å². The number of nitrogens with one attached hydrogen (secondary N) is 1. The molecule has 176 valence electrons. The highest BCUT2D eigenvalue weighted by atomic mass is 19.1. The number of hydrogen-bond donors (Lipinski definition) is 1. The highest BCUT2D eigenvalue weighted by Crippen LogP contribution is 2.30. The SMILES string of the molecule is COCCNC(=O)C(c1ccco1)N(C(=O)Cn1nnc2ccccc21)c1ccc(C)c(F)c1. The van der Waals surface area contributed by atoms with Gasteiger partial charge in [0.15, 0.2) is 6.04 Å². The number of carbonyl (C=O) groups is 2. The molecule has 2 aromatic carbocycles. The molecular formula is C24H24FN5O4. The van der Waals surface area contributed by atoms with Crippen LogP contribution in [0, 0.1) is 12.7 Å². The second-order valence-corrected chi connectivity index (χ2v) is 7.63. The van der Waals surface area contributed by atoms with Gasteiger partial charge in [-0.1, -0.05) is 23.4 Å². The standard InChI is InChI=1S/C24H24FN5O4/c1-16-9-10-17(14-18(16)25)30(22(31)15-29-20-7-4-3-6-19(20)27-28-29)23(21-8-5-12-34-21)24(32)26-11-13-33-2/h3-10,12,14,23H,11,13,15H2,1-2H3,(H,26,32). The molecule has 1 atom stereocenters. The zero-order valence-electron chi connectivity index (χ0n) is 18.8. The number of furan rings is 1. The van der Waals surface area contributed by atoms with Crippen LogP contribution in [0.4, 0.5) is 10.1 Å². The molecule has 2 heterocycles. The quantitative estimate of drug-likeness (QED) is 0.381. The van der Waals surface area contributed by atoms with E-state index in [1.807, 2.05) is 12.1 Å². The van der Waals surface area contributed by atoms with Gasteiger partial charge < -0.3 is 14.5 Å². The summed E-state index contributed by atoms with van der Waals surface area (Å²) in [6.07, 6.45) is 1.41. The van der Waals surface area contributed by atoms with Gasteiger partial charge in [0.25, 0.3) is 5.91 Å². The van der Waals surface area contributed by atoms with Crippen molar-refractivity contribution in [1.82, 2.24) is 20.3 Å². The third kappa shape index (κ3) is 4.81. The number of carbonyl (C=O) groups excluding carboxylic acids is 2. The molecular weight excluding hydrogens is 441 g/mol. The van der Waals surface area contributed by atoms with Crippen LogP contribution in [0.15, 0.2) is 65.3 Å². The fourth-order valence-corrected chi connectivity index (χ4v) is 3.60. The minimum absolute atomic E-state index is 0.209. The van der Waals surface area contributed by atoms with Crippen LogP contribution in [0.5, 0.6) is 0 Å². The second-order valence-electron chi connectivity index (χ2n) is 7.63. The number of nitrogens with zero attached hydrogens (tertiary/aromatic N) is 4. The maximum Gasteiger partial charge on any atom is 0.251 e. The van der Waals surface area contributed by atoms with Crippen molar-refractivity contribution in [3.05, 3.63) is 78.0 Å². The van der Waals surface area contributed by atoms with Gasteiger partial charge in [-0.15, -0.1) is 5.10 Å². The van der Waals surface area contributed by atoms with E-state index in [1.54, 1.807) is 43.3 Å².